The Morgan fingerprint density at radius 2 is 1.86 bits per heavy atom. The van der Waals surface area contributed by atoms with E-state index in [9.17, 15) is 0 Å². The second-order valence-electron chi connectivity index (χ2n) is 9.32. The highest BCUT2D eigenvalue weighted by Gasteiger charge is 2.22. The number of hydrogen-bond acceptors (Lipinski definition) is 6. The largest absolute Gasteiger partial charge is 0.494 e. The summed E-state index contributed by atoms with van der Waals surface area (Å²) in [5.74, 6) is 2.85. The summed E-state index contributed by atoms with van der Waals surface area (Å²) in [5, 5.41) is 0. The molecule has 0 spiro atoms. The molecule has 6 heteroatoms. The van der Waals surface area contributed by atoms with Gasteiger partial charge in [-0.3, -0.25) is 14.8 Å². The highest BCUT2D eigenvalue weighted by atomic mass is 16.5. The molecular weight excluding hydrogens is 438 g/mol. The lowest BCUT2D eigenvalue weighted by Gasteiger charge is -2.32. The van der Waals surface area contributed by atoms with Crippen molar-refractivity contribution in [2.24, 2.45) is 0 Å². The van der Waals surface area contributed by atoms with Crippen LogP contribution in [0.25, 0.3) is 0 Å². The molecular formula is C29H35N3O3. The monoisotopic (exact) mass is 473 g/mol. The summed E-state index contributed by atoms with van der Waals surface area (Å²) < 4.78 is 18.1. The van der Waals surface area contributed by atoms with E-state index in [1.54, 1.807) is 12.4 Å². The first-order valence-electron chi connectivity index (χ1n) is 12.7. The molecule has 0 radical (unpaired) electrons. The van der Waals surface area contributed by atoms with E-state index in [0.29, 0.717) is 13.2 Å². The first kappa shape index (κ1) is 23.6. The van der Waals surface area contributed by atoms with Gasteiger partial charge in [-0.1, -0.05) is 24.3 Å². The molecule has 0 atom stereocenters. The molecule has 6 nitrogen and oxygen atoms in total. The Morgan fingerprint density at radius 1 is 0.971 bits per heavy atom. The first-order valence-corrected chi connectivity index (χ1v) is 12.7. The predicted molar refractivity (Wildman–Crippen MR) is 137 cm³/mol. The number of benzene rings is 2. The Bertz CT molecular complexity index is 1080. The molecule has 1 saturated heterocycles. The average molecular weight is 474 g/mol. The number of nitrogens with zero attached hydrogens (tertiary/aromatic N) is 3. The van der Waals surface area contributed by atoms with Crippen molar-refractivity contribution in [1.29, 1.82) is 0 Å². The molecule has 1 aromatic heterocycles. The van der Waals surface area contributed by atoms with E-state index in [-0.39, 0.29) is 6.10 Å². The van der Waals surface area contributed by atoms with Gasteiger partial charge in [0, 0.05) is 56.6 Å². The standard InChI is InChI=1S/C29H35N3O3/c1-2-33-28-8-4-3-6-24(28)21-32-16-17-34-29-10-9-23(18-25(29)22-32)20-31-14-11-26(12-15-31)35-27-7-5-13-30-19-27/h3-10,13,18-19,26H,2,11-12,14-17,20-22H2,1H3. The molecule has 2 aliphatic heterocycles. The molecule has 2 aliphatic rings. The smallest absolute Gasteiger partial charge is 0.137 e. The Labute approximate surface area is 208 Å². The Hall–Kier alpha value is -3.09. The third-order valence-corrected chi connectivity index (χ3v) is 6.73. The fourth-order valence-corrected chi connectivity index (χ4v) is 4.96. The van der Waals surface area contributed by atoms with Gasteiger partial charge in [-0.05, 0) is 55.7 Å². The molecule has 0 aliphatic carbocycles. The van der Waals surface area contributed by atoms with Crippen molar-refractivity contribution in [3.63, 3.8) is 0 Å². The second-order valence-corrected chi connectivity index (χ2v) is 9.32. The van der Waals surface area contributed by atoms with Gasteiger partial charge in [0.25, 0.3) is 0 Å². The summed E-state index contributed by atoms with van der Waals surface area (Å²) in [7, 11) is 0. The maximum absolute atomic E-state index is 6.11. The van der Waals surface area contributed by atoms with Crippen molar-refractivity contribution in [1.82, 2.24) is 14.8 Å². The molecule has 184 valence electrons. The van der Waals surface area contributed by atoms with Crippen molar-refractivity contribution in [2.75, 3.05) is 32.8 Å². The van der Waals surface area contributed by atoms with Crippen LogP contribution in [0.2, 0.25) is 0 Å². The summed E-state index contributed by atoms with van der Waals surface area (Å²) in [6, 6.07) is 19.0. The van der Waals surface area contributed by atoms with Gasteiger partial charge in [0.15, 0.2) is 0 Å². The number of likely N-dealkylation sites (tertiary alicyclic amines) is 1. The zero-order chi connectivity index (χ0) is 23.9. The third kappa shape index (κ3) is 6.32. The van der Waals surface area contributed by atoms with Crippen molar-refractivity contribution >= 4 is 0 Å². The highest BCUT2D eigenvalue weighted by molar-refractivity contribution is 5.38. The van der Waals surface area contributed by atoms with Crippen LogP contribution in [0.4, 0.5) is 0 Å². The lowest BCUT2D eigenvalue weighted by Crippen LogP contribution is -2.37. The van der Waals surface area contributed by atoms with Crippen LogP contribution in [0, 0.1) is 0 Å². The Kier molecular flexibility index (Phi) is 7.81. The minimum Gasteiger partial charge on any atom is -0.494 e. The minimum atomic E-state index is 0.268. The molecule has 1 fully saturated rings. The summed E-state index contributed by atoms with van der Waals surface area (Å²) >= 11 is 0. The molecule has 0 bridgehead atoms. The number of rotatable bonds is 8. The number of fused-ring (bicyclic) bond motifs is 1. The van der Waals surface area contributed by atoms with E-state index >= 15 is 0 Å². The van der Waals surface area contributed by atoms with E-state index in [0.717, 1.165) is 69.4 Å². The van der Waals surface area contributed by atoms with E-state index in [1.165, 1.54) is 16.7 Å². The summed E-state index contributed by atoms with van der Waals surface area (Å²) in [4.78, 5) is 9.13. The van der Waals surface area contributed by atoms with Crippen LogP contribution in [0.5, 0.6) is 17.2 Å². The topological polar surface area (TPSA) is 47.1 Å². The molecule has 3 heterocycles. The van der Waals surface area contributed by atoms with Crippen LogP contribution in [-0.4, -0.2) is 53.7 Å². The van der Waals surface area contributed by atoms with Crippen molar-refractivity contribution in [3.8, 4) is 17.2 Å². The normalized spacial score (nSPS) is 17.3. The molecule has 0 amide bonds. The number of hydrogen-bond donors (Lipinski definition) is 0. The quantitative estimate of drug-likeness (QED) is 0.463. The van der Waals surface area contributed by atoms with Crippen LogP contribution in [0.3, 0.4) is 0 Å². The maximum atomic E-state index is 6.11. The zero-order valence-corrected chi connectivity index (χ0v) is 20.6. The molecule has 5 rings (SSSR count). The third-order valence-electron chi connectivity index (χ3n) is 6.73. The predicted octanol–water partition coefficient (Wildman–Crippen LogP) is 4.92. The van der Waals surface area contributed by atoms with Crippen molar-refractivity contribution in [2.45, 2.75) is 45.5 Å². The summed E-state index contributed by atoms with van der Waals surface area (Å²) in [6.07, 6.45) is 5.92. The van der Waals surface area contributed by atoms with Gasteiger partial charge in [-0.2, -0.15) is 0 Å². The molecule has 0 saturated carbocycles. The number of ether oxygens (including phenoxy) is 3. The van der Waals surface area contributed by atoms with Crippen LogP contribution in [0.1, 0.15) is 36.5 Å². The zero-order valence-electron chi connectivity index (χ0n) is 20.6. The molecule has 35 heavy (non-hydrogen) atoms. The molecule has 2 aromatic carbocycles. The van der Waals surface area contributed by atoms with Gasteiger partial charge in [-0.25, -0.2) is 0 Å². The number of piperidine rings is 1. The molecule has 0 N–H and O–H groups in total. The fraction of sp³-hybridized carbons (Fsp3) is 0.414. The lowest BCUT2D eigenvalue weighted by molar-refractivity contribution is 0.0965. The number of pyridine rings is 1. The molecule has 3 aromatic rings. The maximum Gasteiger partial charge on any atom is 0.137 e. The van der Waals surface area contributed by atoms with E-state index < -0.39 is 0 Å². The van der Waals surface area contributed by atoms with Gasteiger partial charge in [0.1, 0.15) is 30.0 Å². The first-order chi connectivity index (χ1) is 17.3. The second kappa shape index (κ2) is 11.6. The van der Waals surface area contributed by atoms with Crippen LogP contribution in [0.15, 0.2) is 67.0 Å². The summed E-state index contributed by atoms with van der Waals surface area (Å²) in [5.41, 5.74) is 3.84. The van der Waals surface area contributed by atoms with Gasteiger partial charge < -0.3 is 14.2 Å². The molecule has 0 unspecified atom stereocenters. The van der Waals surface area contributed by atoms with Crippen LogP contribution < -0.4 is 14.2 Å². The number of aromatic nitrogens is 1. The fourth-order valence-electron chi connectivity index (χ4n) is 4.96. The lowest BCUT2D eigenvalue weighted by atomic mass is 10.0. The Morgan fingerprint density at radius 3 is 2.69 bits per heavy atom. The highest BCUT2D eigenvalue weighted by Crippen LogP contribution is 2.28. The Balaban J connectivity index is 1.18. The summed E-state index contributed by atoms with van der Waals surface area (Å²) in [6.45, 7) is 9.09. The minimum absolute atomic E-state index is 0.268. The van der Waals surface area contributed by atoms with E-state index in [2.05, 4.69) is 51.2 Å². The van der Waals surface area contributed by atoms with Gasteiger partial charge in [0.05, 0.1) is 12.8 Å². The number of para-hydroxylation sites is 1. The van der Waals surface area contributed by atoms with Crippen molar-refractivity contribution in [3.05, 3.63) is 83.7 Å². The van der Waals surface area contributed by atoms with Gasteiger partial charge in [0.2, 0.25) is 0 Å². The van der Waals surface area contributed by atoms with Crippen LogP contribution in [-0.2, 0) is 19.6 Å². The van der Waals surface area contributed by atoms with Crippen molar-refractivity contribution < 1.29 is 14.2 Å². The van der Waals surface area contributed by atoms with E-state index in [1.807, 2.05) is 25.1 Å². The van der Waals surface area contributed by atoms with Gasteiger partial charge in [-0.15, -0.1) is 0 Å². The SMILES string of the molecule is CCOc1ccccc1CN1CCOc2ccc(CN3CCC(Oc4cccnc4)CC3)cc2C1. The van der Waals surface area contributed by atoms with Crippen LogP contribution >= 0.6 is 0 Å². The average Bonchev–Trinajstić information content (AvgIpc) is 3.08. The van der Waals surface area contributed by atoms with E-state index in [4.69, 9.17) is 14.2 Å². The van der Waals surface area contributed by atoms with Gasteiger partial charge >= 0.3 is 0 Å².